The van der Waals surface area contributed by atoms with E-state index in [0.29, 0.717) is 10.4 Å². The summed E-state index contributed by atoms with van der Waals surface area (Å²) in [6.45, 7) is 0.394. The Bertz CT molecular complexity index is 866. The molecule has 0 spiro atoms. The van der Waals surface area contributed by atoms with E-state index < -0.39 is 14.9 Å². The molecule has 24 heavy (non-hydrogen) atoms. The standard InChI is InChI=1S/C14H12BrN3O5S/c15-13-2-1-7-16-14(13)23-11-8-17(9-11)24(21,22)12-5-3-10(4-6-12)18(19)20/h1-7,11H,8-9H2. The number of aromatic nitrogens is 1. The fourth-order valence-electron chi connectivity index (χ4n) is 2.18. The molecule has 0 N–H and O–H groups in total. The first-order chi connectivity index (χ1) is 11.4. The smallest absolute Gasteiger partial charge is 0.269 e. The van der Waals surface area contributed by atoms with Gasteiger partial charge in [0.05, 0.1) is 27.4 Å². The maximum absolute atomic E-state index is 12.4. The molecule has 126 valence electrons. The van der Waals surface area contributed by atoms with Crippen LogP contribution in [0.2, 0.25) is 0 Å². The number of sulfonamides is 1. The van der Waals surface area contributed by atoms with Crippen molar-refractivity contribution in [2.45, 2.75) is 11.0 Å². The van der Waals surface area contributed by atoms with Gasteiger partial charge in [0.15, 0.2) is 0 Å². The first-order valence-corrected chi connectivity index (χ1v) is 9.13. The molecule has 10 heteroatoms. The van der Waals surface area contributed by atoms with E-state index in [2.05, 4.69) is 20.9 Å². The van der Waals surface area contributed by atoms with Crippen LogP contribution >= 0.6 is 15.9 Å². The molecule has 2 aromatic rings. The van der Waals surface area contributed by atoms with Crippen molar-refractivity contribution < 1.29 is 18.1 Å². The zero-order valence-corrected chi connectivity index (χ0v) is 14.6. The first kappa shape index (κ1) is 16.8. The van der Waals surface area contributed by atoms with Crippen molar-refractivity contribution in [3.05, 3.63) is 57.2 Å². The number of nitrogens with zero attached hydrogens (tertiary/aromatic N) is 3. The summed E-state index contributed by atoms with van der Waals surface area (Å²) in [5, 5.41) is 10.6. The highest BCUT2D eigenvalue weighted by molar-refractivity contribution is 9.10. The molecule has 3 rings (SSSR count). The summed E-state index contributed by atoms with van der Waals surface area (Å²) in [6.07, 6.45) is 1.30. The van der Waals surface area contributed by atoms with Gasteiger partial charge in [-0.3, -0.25) is 10.1 Å². The lowest BCUT2D eigenvalue weighted by Gasteiger charge is -2.37. The lowest BCUT2D eigenvalue weighted by Crippen LogP contribution is -2.56. The Kier molecular flexibility index (Phi) is 4.52. The summed E-state index contributed by atoms with van der Waals surface area (Å²) < 4.78 is 32.5. The highest BCUT2D eigenvalue weighted by atomic mass is 79.9. The Hall–Kier alpha value is -2.04. The average Bonchev–Trinajstić information content (AvgIpc) is 2.52. The number of benzene rings is 1. The Balaban J connectivity index is 1.66. The number of nitro groups is 1. The molecule has 0 amide bonds. The van der Waals surface area contributed by atoms with Crippen LogP contribution in [-0.2, 0) is 10.0 Å². The molecule has 8 nitrogen and oxygen atoms in total. The highest BCUT2D eigenvalue weighted by Gasteiger charge is 2.38. The predicted molar refractivity (Wildman–Crippen MR) is 88.2 cm³/mol. The normalized spacial score (nSPS) is 15.7. The minimum atomic E-state index is -3.68. The van der Waals surface area contributed by atoms with Crippen LogP contribution in [-0.4, -0.2) is 41.8 Å². The Morgan fingerprint density at radius 2 is 1.92 bits per heavy atom. The van der Waals surface area contributed by atoms with Gasteiger partial charge in [-0.15, -0.1) is 0 Å². The Morgan fingerprint density at radius 1 is 1.25 bits per heavy atom. The minimum Gasteiger partial charge on any atom is -0.471 e. The van der Waals surface area contributed by atoms with Crippen LogP contribution in [0.4, 0.5) is 5.69 Å². The summed E-state index contributed by atoms with van der Waals surface area (Å²) in [5.74, 6) is 0.412. The largest absolute Gasteiger partial charge is 0.471 e. The molecule has 1 aliphatic heterocycles. The van der Waals surface area contributed by atoms with E-state index >= 15 is 0 Å². The third-order valence-corrected chi connectivity index (χ3v) is 5.95. The van der Waals surface area contributed by atoms with Crippen LogP contribution < -0.4 is 4.74 Å². The number of halogens is 1. The number of nitro benzene ring substituents is 1. The molecule has 2 heterocycles. The van der Waals surface area contributed by atoms with Gasteiger partial charge in [0, 0.05) is 18.3 Å². The van der Waals surface area contributed by atoms with Crippen molar-refractivity contribution >= 4 is 31.6 Å². The molecular formula is C14H12BrN3O5S. The van der Waals surface area contributed by atoms with E-state index in [-0.39, 0.29) is 29.8 Å². The average molecular weight is 414 g/mol. The molecule has 0 bridgehead atoms. The molecule has 1 aromatic carbocycles. The van der Waals surface area contributed by atoms with Gasteiger partial charge in [-0.25, -0.2) is 13.4 Å². The van der Waals surface area contributed by atoms with E-state index in [1.165, 1.54) is 28.6 Å². The SMILES string of the molecule is O=[N+]([O-])c1ccc(S(=O)(=O)N2CC(Oc3ncccc3Br)C2)cc1. The van der Waals surface area contributed by atoms with E-state index in [4.69, 9.17) is 4.74 Å². The van der Waals surface area contributed by atoms with Crippen LogP contribution in [0, 0.1) is 10.1 Å². The second-order valence-corrected chi connectivity index (χ2v) is 7.90. The van der Waals surface area contributed by atoms with Gasteiger partial charge in [-0.2, -0.15) is 4.31 Å². The van der Waals surface area contributed by atoms with Crippen LogP contribution in [0.25, 0.3) is 0 Å². The third-order valence-electron chi connectivity index (χ3n) is 3.50. The maximum Gasteiger partial charge on any atom is 0.269 e. The molecule has 0 unspecified atom stereocenters. The fourth-order valence-corrected chi connectivity index (χ4v) is 4.03. The number of hydrogen-bond donors (Lipinski definition) is 0. The van der Waals surface area contributed by atoms with Gasteiger partial charge >= 0.3 is 0 Å². The summed E-state index contributed by atoms with van der Waals surface area (Å²) in [4.78, 5) is 14.1. The zero-order valence-electron chi connectivity index (χ0n) is 12.2. The summed E-state index contributed by atoms with van der Waals surface area (Å²) in [7, 11) is -3.68. The van der Waals surface area contributed by atoms with Gasteiger partial charge in [-0.05, 0) is 40.2 Å². The Labute approximate surface area is 146 Å². The highest BCUT2D eigenvalue weighted by Crippen LogP contribution is 2.28. The maximum atomic E-state index is 12.4. The molecule has 0 radical (unpaired) electrons. The van der Waals surface area contributed by atoms with Gasteiger partial charge in [0.1, 0.15) is 6.10 Å². The second-order valence-electron chi connectivity index (χ2n) is 5.10. The monoisotopic (exact) mass is 413 g/mol. The minimum absolute atomic E-state index is 0.0190. The van der Waals surface area contributed by atoms with Crippen molar-refractivity contribution in [3.63, 3.8) is 0 Å². The van der Waals surface area contributed by atoms with Crippen LogP contribution in [0.3, 0.4) is 0 Å². The van der Waals surface area contributed by atoms with Gasteiger partial charge in [-0.1, -0.05) is 0 Å². The molecule has 1 fully saturated rings. The molecular weight excluding hydrogens is 402 g/mol. The zero-order chi connectivity index (χ0) is 17.3. The number of ether oxygens (including phenoxy) is 1. The topological polar surface area (TPSA) is 103 Å². The molecule has 0 aliphatic carbocycles. The lowest BCUT2D eigenvalue weighted by atomic mass is 10.2. The number of non-ortho nitro benzene ring substituents is 1. The number of hydrogen-bond acceptors (Lipinski definition) is 6. The lowest BCUT2D eigenvalue weighted by molar-refractivity contribution is -0.384. The molecule has 1 saturated heterocycles. The fraction of sp³-hybridized carbons (Fsp3) is 0.214. The van der Waals surface area contributed by atoms with Gasteiger partial charge < -0.3 is 4.74 Å². The first-order valence-electron chi connectivity index (χ1n) is 6.90. The molecule has 1 aliphatic rings. The van der Waals surface area contributed by atoms with E-state index in [1.807, 2.05) is 0 Å². The van der Waals surface area contributed by atoms with Crippen molar-refractivity contribution in [3.8, 4) is 5.88 Å². The molecule has 0 atom stereocenters. The molecule has 1 aromatic heterocycles. The quantitative estimate of drug-likeness (QED) is 0.549. The van der Waals surface area contributed by atoms with Crippen molar-refractivity contribution in [2.75, 3.05) is 13.1 Å². The van der Waals surface area contributed by atoms with E-state index in [0.717, 1.165) is 0 Å². The predicted octanol–water partition coefficient (Wildman–Crippen LogP) is 2.20. The van der Waals surface area contributed by atoms with Gasteiger partial charge in [0.25, 0.3) is 5.69 Å². The number of rotatable bonds is 5. The second kappa shape index (κ2) is 6.46. The Morgan fingerprint density at radius 3 is 2.50 bits per heavy atom. The van der Waals surface area contributed by atoms with Crippen LogP contribution in [0.5, 0.6) is 5.88 Å². The van der Waals surface area contributed by atoms with Crippen LogP contribution in [0.15, 0.2) is 52.0 Å². The summed E-state index contributed by atoms with van der Waals surface area (Å²) >= 11 is 3.31. The van der Waals surface area contributed by atoms with E-state index in [1.54, 1.807) is 18.3 Å². The van der Waals surface area contributed by atoms with Gasteiger partial charge in [0.2, 0.25) is 15.9 Å². The molecule has 0 saturated carbocycles. The van der Waals surface area contributed by atoms with Crippen LogP contribution in [0.1, 0.15) is 0 Å². The van der Waals surface area contributed by atoms with Crippen molar-refractivity contribution in [1.82, 2.24) is 9.29 Å². The summed E-state index contributed by atoms with van der Waals surface area (Å²) in [5.41, 5.74) is -0.154. The van der Waals surface area contributed by atoms with Crippen molar-refractivity contribution in [1.29, 1.82) is 0 Å². The summed E-state index contributed by atoms with van der Waals surface area (Å²) in [6, 6.07) is 8.35. The van der Waals surface area contributed by atoms with Crippen molar-refractivity contribution in [2.24, 2.45) is 0 Å². The number of pyridine rings is 1. The van der Waals surface area contributed by atoms with E-state index in [9.17, 15) is 18.5 Å². The third kappa shape index (κ3) is 3.25.